The fraction of sp³-hybridized carbons (Fsp3) is 0.889. The molecule has 1 rings (SSSR count). The minimum atomic E-state index is -0.385. The van der Waals surface area contributed by atoms with Crippen LogP contribution in [0.15, 0.2) is 0 Å². The molecule has 82 valence electrons. The number of carbonyl (C=O) groups is 1. The van der Waals surface area contributed by atoms with Crippen molar-refractivity contribution in [2.45, 2.75) is 31.9 Å². The minimum absolute atomic E-state index is 0.116. The SMILES string of the molecule is CC(C)(CI)OC(=O)N1CCC(N)C1. The zero-order valence-electron chi connectivity index (χ0n) is 8.62. The van der Waals surface area contributed by atoms with Gasteiger partial charge in [0.15, 0.2) is 0 Å². The zero-order chi connectivity index (χ0) is 10.8. The number of hydrogen-bond donors (Lipinski definition) is 1. The second kappa shape index (κ2) is 4.65. The summed E-state index contributed by atoms with van der Waals surface area (Å²) in [7, 11) is 0. The number of halogens is 1. The maximum Gasteiger partial charge on any atom is 0.410 e. The molecule has 0 saturated carbocycles. The van der Waals surface area contributed by atoms with Gasteiger partial charge in [0, 0.05) is 23.6 Å². The van der Waals surface area contributed by atoms with Gasteiger partial charge in [-0.1, -0.05) is 22.6 Å². The lowest BCUT2D eigenvalue weighted by molar-refractivity contribution is 0.0338. The van der Waals surface area contributed by atoms with Crippen LogP contribution in [-0.2, 0) is 4.74 Å². The highest BCUT2D eigenvalue weighted by molar-refractivity contribution is 14.1. The first-order valence-corrected chi connectivity index (χ1v) is 6.26. The molecule has 1 aliphatic heterocycles. The summed E-state index contributed by atoms with van der Waals surface area (Å²) in [6, 6.07) is 0.116. The Labute approximate surface area is 98.3 Å². The predicted molar refractivity (Wildman–Crippen MR) is 63.6 cm³/mol. The number of rotatable bonds is 2. The lowest BCUT2D eigenvalue weighted by Crippen LogP contribution is -2.38. The van der Waals surface area contributed by atoms with Crippen LogP contribution in [0.2, 0.25) is 0 Å². The maximum absolute atomic E-state index is 11.6. The van der Waals surface area contributed by atoms with E-state index in [4.69, 9.17) is 10.5 Å². The third-order valence-corrected chi connectivity index (χ3v) is 4.01. The van der Waals surface area contributed by atoms with Crippen molar-refractivity contribution in [3.05, 3.63) is 0 Å². The van der Waals surface area contributed by atoms with Crippen molar-refractivity contribution in [1.29, 1.82) is 0 Å². The van der Waals surface area contributed by atoms with E-state index in [2.05, 4.69) is 22.6 Å². The van der Waals surface area contributed by atoms with E-state index in [1.54, 1.807) is 4.90 Å². The van der Waals surface area contributed by atoms with Gasteiger partial charge in [-0.15, -0.1) is 0 Å². The second-order valence-corrected chi connectivity index (χ2v) is 5.02. The molecule has 0 aromatic carbocycles. The molecule has 0 radical (unpaired) electrons. The second-order valence-electron chi connectivity index (χ2n) is 4.26. The summed E-state index contributed by atoms with van der Waals surface area (Å²) in [4.78, 5) is 13.3. The fourth-order valence-electron chi connectivity index (χ4n) is 1.28. The summed E-state index contributed by atoms with van der Waals surface area (Å²) in [5.74, 6) is 0. The van der Waals surface area contributed by atoms with Gasteiger partial charge in [0.05, 0.1) is 0 Å². The van der Waals surface area contributed by atoms with Gasteiger partial charge in [-0.2, -0.15) is 0 Å². The van der Waals surface area contributed by atoms with Crippen molar-refractivity contribution in [3.8, 4) is 0 Å². The van der Waals surface area contributed by atoms with Crippen LogP contribution in [0.4, 0.5) is 4.79 Å². The Hall–Kier alpha value is -0.0400. The summed E-state index contributed by atoms with van der Waals surface area (Å²) in [5, 5.41) is 0. The van der Waals surface area contributed by atoms with Crippen LogP contribution in [0, 0.1) is 0 Å². The molecule has 0 spiro atoms. The standard InChI is InChI=1S/C9H17IN2O2/c1-9(2,6-10)14-8(13)12-4-3-7(11)5-12/h7H,3-6,11H2,1-2H3. The number of alkyl halides is 1. The van der Waals surface area contributed by atoms with Crippen LogP contribution in [0.1, 0.15) is 20.3 Å². The highest BCUT2D eigenvalue weighted by Crippen LogP contribution is 2.16. The first-order chi connectivity index (χ1) is 6.44. The third-order valence-electron chi connectivity index (χ3n) is 2.17. The van der Waals surface area contributed by atoms with E-state index in [0.29, 0.717) is 6.54 Å². The molecule has 1 amide bonds. The quantitative estimate of drug-likeness (QED) is 0.619. The maximum atomic E-state index is 11.6. The van der Waals surface area contributed by atoms with Crippen molar-refractivity contribution < 1.29 is 9.53 Å². The molecule has 1 aliphatic rings. The van der Waals surface area contributed by atoms with Gasteiger partial charge < -0.3 is 15.4 Å². The number of carbonyl (C=O) groups excluding carboxylic acids is 1. The van der Waals surface area contributed by atoms with E-state index < -0.39 is 0 Å². The largest absolute Gasteiger partial charge is 0.443 e. The summed E-state index contributed by atoms with van der Waals surface area (Å²) >= 11 is 2.21. The topological polar surface area (TPSA) is 55.6 Å². The van der Waals surface area contributed by atoms with E-state index in [1.165, 1.54) is 0 Å². The van der Waals surface area contributed by atoms with Crippen molar-refractivity contribution in [2.75, 3.05) is 17.5 Å². The lowest BCUT2D eigenvalue weighted by Gasteiger charge is -2.26. The van der Waals surface area contributed by atoms with Gasteiger partial charge in [0.25, 0.3) is 0 Å². The van der Waals surface area contributed by atoms with Crippen molar-refractivity contribution in [1.82, 2.24) is 4.90 Å². The van der Waals surface area contributed by atoms with E-state index in [1.807, 2.05) is 13.8 Å². The van der Waals surface area contributed by atoms with Crippen LogP contribution < -0.4 is 5.73 Å². The Morgan fingerprint density at radius 1 is 1.71 bits per heavy atom. The van der Waals surface area contributed by atoms with Crippen molar-refractivity contribution >= 4 is 28.7 Å². The predicted octanol–water partition coefficient (Wildman–Crippen LogP) is 1.37. The van der Waals surface area contributed by atoms with Crippen LogP contribution in [-0.4, -0.2) is 40.2 Å². The summed E-state index contributed by atoms with van der Waals surface area (Å²) < 4.78 is 6.13. The van der Waals surface area contributed by atoms with Gasteiger partial charge in [-0.05, 0) is 20.3 Å². The van der Waals surface area contributed by atoms with Gasteiger partial charge in [0.2, 0.25) is 0 Å². The van der Waals surface area contributed by atoms with Crippen LogP contribution in [0.25, 0.3) is 0 Å². The normalized spacial score (nSPS) is 22.6. The number of nitrogens with zero attached hydrogens (tertiary/aromatic N) is 1. The van der Waals surface area contributed by atoms with Gasteiger partial charge >= 0.3 is 6.09 Å². The molecule has 1 unspecified atom stereocenters. The van der Waals surface area contributed by atoms with Gasteiger partial charge in [0.1, 0.15) is 5.60 Å². The molecule has 0 aromatic rings. The Morgan fingerprint density at radius 3 is 2.79 bits per heavy atom. The molecule has 0 aromatic heterocycles. The summed E-state index contributed by atoms with van der Waals surface area (Å²) in [5.41, 5.74) is 5.32. The fourth-order valence-corrected chi connectivity index (χ4v) is 1.44. The van der Waals surface area contributed by atoms with Crippen LogP contribution in [0.3, 0.4) is 0 Å². The molecule has 0 aliphatic carbocycles. The number of likely N-dealkylation sites (tertiary alicyclic amines) is 1. The molecule has 1 saturated heterocycles. The van der Waals surface area contributed by atoms with Crippen molar-refractivity contribution in [3.63, 3.8) is 0 Å². The molecule has 1 atom stereocenters. The van der Waals surface area contributed by atoms with E-state index >= 15 is 0 Å². The first-order valence-electron chi connectivity index (χ1n) is 4.74. The number of ether oxygens (including phenoxy) is 1. The molecule has 0 bridgehead atoms. The molecule has 5 heteroatoms. The van der Waals surface area contributed by atoms with E-state index in [-0.39, 0.29) is 17.7 Å². The Morgan fingerprint density at radius 2 is 2.36 bits per heavy atom. The van der Waals surface area contributed by atoms with E-state index in [0.717, 1.165) is 17.4 Å². The Bertz CT molecular complexity index is 221. The molecular weight excluding hydrogens is 295 g/mol. The van der Waals surface area contributed by atoms with Crippen molar-refractivity contribution in [2.24, 2.45) is 5.73 Å². The number of nitrogens with two attached hydrogens (primary N) is 1. The molecule has 1 fully saturated rings. The summed E-state index contributed by atoms with van der Waals surface area (Å²) in [6.07, 6.45) is 0.638. The minimum Gasteiger partial charge on any atom is -0.443 e. The molecule has 1 heterocycles. The lowest BCUT2D eigenvalue weighted by atomic mass is 10.2. The van der Waals surface area contributed by atoms with Gasteiger partial charge in [-0.25, -0.2) is 4.79 Å². The Kier molecular flexibility index (Phi) is 4.00. The number of hydrogen-bond acceptors (Lipinski definition) is 3. The van der Waals surface area contributed by atoms with E-state index in [9.17, 15) is 4.79 Å². The smallest absolute Gasteiger partial charge is 0.410 e. The molecule has 14 heavy (non-hydrogen) atoms. The average Bonchev–Trinajstić information content (AvgIpc) is 2.51. The molecular formula is C9H17IN2O2. The summed E-state index contributed by atoms with van der Waals surface area (Å²) in [6.45, 7) is 5.16. The highest BCUT2D eigenvalue weighted by atomic mass is 127. The molecule has 4 nitrogen and oxygen atoms in total. The Balaban J connectivity index is 2.43. The monoisotopic (exact) mass is 312 g/mol. The number of amides is 1. The van der Waals surface area contributed by atoms with Crippen LogP contribution in [0.5, 0.6) is 0 Å². The first kappa shape index (κ1) is 12.0. The molecule has 2 N–H and O–H groups in total. The van der Waals surface area contributed by atoms with Crippen LogP contribution >= 0.6 is 22.6 Å². The zero-order valence-corrected chi connectivity index (χ0v) is 10.8. The third kappa shape index (κ3) is 3.27. The highest BCUT2D eigenvalue weighted by Gasteiger charge is 2.29. The average molecular weight is 312 g/mol. The van der Waals surface area contributed by atoms with Gasteiger partial charge in [-0.3, -0.25) is 0 Å².